The van der Waals surface area contributed by atoms with Crippen LogP contribution >= 0.6 is 0 Å². The number of aryl methyl sites for hydroxylation is 1. The van der Waals surface area contributed by atoms with Crippen LogP contribution in [0.2, 0.25) is 0 Å². The van der Waals surface area contributed by atoms with Gasteiger partial charge in [0, 0.05) is 12.1 Å². The zero-order valence-electron chi connectivity index (χ0n) is 13.8. The normalized spacial score (nSPS) is 18.9. The molecule has 1 aliphatic rings. The fraction of sp³-hybridized carbons (Fsp3) is 0.625. The second-order valence-corrected chi connectivity index (χ2v) is 6.78. The fourth-order valence-corrected chi connectivity index (χ4v) is 2.55. The highest BCUT2D eigenvalue weighted by atomic mass is 16.6. The van der Waals surface area contributed by atoms with Crippen molar-refractivity contribution < 1.29 is 14.3 Å². The summed E-state index contributed by atoms with van der Waals surface area (Å²) in [5, 5.41) is 15.1. The lowest BCUT2D eigenvalue weighted by atomic mass is 10.1. The van der Waals surface area contributed by atoms with Gasteiger partial charge in [-0.2, -0.15) is 0 Å². The minimum Gasteiger partial charge on any atom is -0.711 e. The van der Waals surface area contributed by atoms with E-state index < -0.39 is 5.60 Å². The van der Waals surface area contributed by atoms with E-state index in [1.54, 1.807) is 11.0 Å². The molecular weight excluding hydrogens is 282 g/mol. The number of piperidine rings is 1. The lowest BCUT2D eigenvalue weighted by Crippen LogP contribution is -2.48. The van der Waals surface area contributed by atoms with Crippen molar-refractivity contribution >= 4 is 11.9 Å². The van der Waals surface area contributed by atoms with Crippen LogP contribution in [0.1, 0.15) is 39.2 Å². The number of anilines is 1. The molecule has 6 nitrogen and oxygen atoms in total. The lowest BCUT2D eigenvalue weighted by molar-refractivity contribution is -0.590. The van der Waals surface area contributed by atoms with Crippen molar-refractivity contribution in [2.45, 2.75) is 52.2 Å². The van der Waals surface area contributed by atoms with Gasteiger partial charge in [0.15, 0.2) is 0 Å². The van der Waals surface area contributed by atoms with Gasteiger partial charge in [-0.25, -0.2) is 9.52 Å². The second-order valence-electron chi connectivity index (χ2n) is 6.78. The minimum absolute atomic E-state index is 0.0579. The number of aromatic nitrogens is 1. The predicted molar refractivity (Wildman–Crippen MR) is 84.6 cm³/mol. The maximum absolute atomic E-state index is 12.2. The summed E-state index contributed by atoms with van der Waals surface area (Å²) in [6.07, 6.45) is 3.00. The Hall–Kier alpha value is -1.98. The summed E-state index contributed by atoms with van der Waals surface area (Å²) < 4.78 is 6.25. The average molecular weight is 307 g/mol. The second kappa shape index (κ2) is 6.42. The standard InChI is InChI=1S/C16H25N3O3/c1-12-7-5-10-19(21)14(12)17-13-8-6-9-18(11-13)15(20)22-16(2,3)4/h5,7,10,13,17H,6,8-9,11H2,1-4H3. The number of ether oxygens (including phenoxy) is 1. The smallest absolute Gasteiger partial charge is 0.410 e. The molecule has 0 saturated carbocycles. The summed E-state index contributed by atoms with van der Waals surface area (Å²) in [7, 11) is 0. The van der Waals surface area contributed by atoms with Crippen molar-refractivity contribution in [3.8, 4) is 0 Å². The topological polar surface area (TPSA) is 68.5 Å². The van der Waals surface area contributed by atoms with Gasteiger partial charge in [0.05, 0.1) is 12.7 Å². The largest absolute Gasteiger partial charge is 0.711 e. The van der Waals surface area contributed by atoms with E-state index >= 15 is 0 Å². The van der Waals surface area contributed by atoms with E-state index in [1.807, 2.05) is 33.8 Å². The number of pyridine rings is 1. The Labute approximate surface area is 131 Å². The van der Waals surface area contributed by atoms with Crippen molar-refractivity contribution in [2.24, 2.45) is 0 Å². The molecule has 1 aromatic heterocycles. The van der Waals surface area contributed by atoms with Gasteiger partial charge in [-0.05, 0) is 52.7 Å². The number of amides is 1. The Kier molecular flexibility index (Phi) is 4.78. The van der Waals surface area contributed by atoms with E-state index in [2.05, 4.69) is 5.32 Å². The molecule has 0 aromatic carbocycles. The van der Waals surface area contributed by atoms with Crippen molar-refractivity contribution in [1.82, 2.24) is 4.90 Å². The molecule has 1 aliphatic heterocycles. The molecule has 6 heteroatoms. The van der Waals surface area contributed by atoms with Gasteiger partial charge in [-0.15, -0.1) is 0 Å². The molecule has 1 saturated heterocycles. The highest BCUT2D eigenvalue weighted by Crippen LogP contribution is 2.18. The highest BCUT2D eigenvalue weighted by molar-refractivity contribution is 5.68. The molecule has 0 radical (unpaired) electrons. The third kappa shape index (κ3) is 4.26. The predicted octanol–water partition coefficient (Wildman–Crippen LogP) is 2.44. The van der Waals surface area contributed by atoms with Crippen LogP contribution in [0.3, 0.4) is 0 Å². The maximum atomic E-state index is 12.2. The van der Waals surface area contributed by atoms with E-state index in [1.165, 1.54) is 6.20 Å². The number of nitrogens with zero attached hydrogens (tertiary/aromatic N) is 2. The van der Waals surface area contributed by atoms with E-state index in [0.29, 0.717) is 18.9 Å². The highest BCUT2D eigenvalue weighted by Gasteiger charge is 2.30. The van der Waals surface area contributed by atoms with Gasteiger partial charge in [-0.1, -0.05) is 0 Å². The SMILES string of the molecule is Cc1ccc[n+]([O-])c1NC1CCCN(C(=O)OC(C)(C)C)C1. The van der Waals surface area contributed by atoms with Gasteiger partial charge >= 0.3 is 6.09 Å². The molecule has 0 spiro atoms. The molecule has 1 amide bonds. The molecule has 1 fully saturated rings. The number of carbonyl (C=O) groups is 1. The van der Waals surface area contributed by atoms with E-state index in [9.17, 15) is 10.0 Å². The monoisotopic (exact) mass is 307 g/mol. The van der Waals surface area contributed by atoms with Crippen LogP contribution in [0.25, 0.3) is 0 Å². The number of carbonyl (C=O) groups excluding carboxylic acids is 1. The average Bonchev–Trinajstić information content (AvgIpc) is 2.41. The Morgan fingerprint density at radius 2 is 2.23 bits per heavy atom. The van der Waals surface area contributed by atoms with Crippen molar-refractivity contribution in [2.75, 3.05) is 18.4 Å². The van der Waals surface area contributed by atoms with Crippen LogP contribution in [0, 0.1) is 12.1 Å². The Balaban J connectivity index is 2.00. The number of nitrogens with one attached hydrogen (secondary N) is 1. The number of hydrogen-bond acceptors (Lipinski definition) is 4. The van der Waals surface area contributed by atoms with Crippen LogP contribution < -0.4 is 10.0 Å². The summed E-state index contributed by atoms with van der Waals surface area (Å²) in [6, 6.07) is 3.68. The summed E-state index contributed by atoms with van der Waals surface area (Å²) >= 11 is 0. The molecule has 0 bridgehead atoms. The Morgan fingerprint density at radius 1 is 1.50 bits per heavy atom. The van der Waals surface area contributed by atoms with Gasteiger partial charge in [0.2, 0.25) is 0 Å². The zero-order chi connectivity index (χ0) is 16.3. The first-order valence-electron chi connectivity index (χ1n) is 7.69. The van der Waals surface area contributed by atoms with Crippen molar-refractivity contribution in [3.05, 3.63) is 29.1 Å². The molecule has 1 unspecified atom stereocenters. The van der Waals surface area contributed by atoms with E-state index in [0.717, 1.165) is 23.1 Å². The van der Waals surface area contributed by atoms with Crippen molar-refractivity contribution in [1.29, 1.82) is 0 Å². The Morgan fingerprint density at radius 3 is 2.86 bits per heavy atom. The molecule has 2 heterocycles. The fourth-order valence-electron chi connectivity index (χ4n) is 2.55. The van der Waals surface area contributed by atoms with Crippen molar-refractivity contribution in [3.63, 3.8) is 0 Å². The van der Waals surface area contributed by atoms with Crippen LogP contribution in [-0.4, -0.2) is 35.7 Å². The summed E-state index contributed by atoms with van der Waals surface area (Å²) in [6.45, 7) is 8.71. The maximum Gasteiger partial charge on any atom is 0.410 e. The minimum atomic E-state index is -0.495. The first-order valence-corrected chi connectivity index (χ1v) is 7.69. The van der Waals surface area contributed by atoms with Gasteiger partial charge in [0.25, 0.3) is 5.82 Å². The number of likely N-dealkylation sites (tertiary alicyclic amines) is 1. The van der Waals surface area contributed by atoms with E-state index in [4.69, 9.17) is 4.74 Å². The summed E-state index contributed by atoms with van der Waals surface area (Å²) in [5.74, 6) is 0.554. The molecule has 0 aliphatic carbocycles. The third-order valence-corrected chi connectivity index (χ3v) is 3.58. The summed E-state index contributed by atoms with van der Waals surface area (Å²) in [5.41, 5.74) is 0.401. The van der Waals surface area contributed by atoms with Gasteiger partial charge in [0.1, 0.15) is 11.6 Å². The van der Waals surface area contributed by atoms with Crippen LogP contribution in [0.15, 0.2) is 18.3 Å². The van der Waals surface area contributed by atoms with E-state index in [-0.39, 0.29) is 12.1 Å². The van der Waals surface area contributed by atoms with Crippen LogP contribution in [0.4, 0.5) is 10.6 Å². The third-order valence-electron chi connectivity index (χ3n) is 3.58. The Bertz CT molecular complexity index is 520. The number of hydrogen-bond donors (Lipinski definition) is 1. The quantitative estimate of drug-likeness (QED) is 0.673. The summed E-state index contributed by atoms with van der Waals surface area (Å²) in [4.78, 5) is 13.9. The van der Waals surface area contributed by atoms with Crippen LogP contribution in [0.5, 0.6) is 0 Å². The van der Waals surface area contributed by atoms with Gasteiger partial charge in [-0.3, -0.25) is 5.32 Å². The molecule has 122 valence electrons. The molecule has 22 heavy (non-hydrogen) atoms. The molecule has 2 rings (SSSR count). The zero-order valence-corrected chi connectivity index (χ0v) is 13.8. The molecular formula is C16H25N3O3. The molecule has 1 aromatic rings. The molecule has 1 N–H and O–H groups in total. The van der Waals surface area contributed by atoms with Crippen LogP contribution in [-0.2, 0) is 4.74 Å². The lowest BCUT2D eigenvalue weighted by Gasteiger charge is -2.33. The first-order chi connectivity index (χ1) is 10.3. The molecule has 1 atom stereocenters. The van der Waals surface area contributed by atoms with Gasteiger partial charge < -0.3 is 14.8 Å². The first kappa shape index (κ1) is 16.4. The number of rotatable bonds is 2.